The molecule has 4 heterocycles. The van der Waals surface area contributed by atoms with Crippen molar-refractivity contribution in [3.8, 4) is 0 Å². The van der Waals surface area contributed by atoms with Crippen molar-refractivity contribution in [1.82, 2.24) is 19.3 Å². The molecule has 7 heteroatoms. The van der Waals surface area contributed by atoms with E-state index >= 15 is 0 Å². The van der Waals surface area contributed by atoms with Gasteiger partial charge in [-0.25, -0.2) is 15.0 Å². The van der Waals surface area contributed by atoms with Crippen molar-refractivity contribution in [1.29, 1.82) is 0 Å². The van der Waals surface area contributed by atoms with Gasteiger partial charge in [0.05, 0.1) is 31.2 Å². The van der Waals surface area contributed by atoms with Gasteiger partial charge in [0.2, 0.25) is 5.89 Å². The van der Waals surface area contributed by atoms with Gasteiger partial charge in [0.15, 0.2) is 0 Å². The zero-order valence-electron chi connectivity index (χ0n) is 12.7. The van der Waals surface area contributed by atoms with Gasteiger partial charge in [-0.15, -0.1) is 0 Å². The Balaban J connectivity index is 1.70. The second kappa shape index (κ2) is 5.28. The molecule has 0 fully saturated rings. The van der Waals surface area contributed by atoms with Crippen LogP contribution in [0.2, 0.25) is 0 Å². The lowest BCUT2D eigenvalue weighted by molar-refractivity contribution is 0.372. The summed E-state index contributed by atoms with van der Waals surface area (Å²) in [5.74, 6) is 1.02. The summed E-state index contributed by atoms with van der Waals surface area (Å²) >= 11 is 0. The van der Waals surface area contributed by atoms with Gasteiger partial charge in [0.25, 0.3) is 0 Å². The Hall–Kier alpha value is -3.09. The molecule has 116 valence electrons. The summed E-state index contributed by atoms with van der Waals surface area (Å²) in [6, 6.07) is 5.95. The Morgan fingerprint density at radius 1 is 1.30 bits per heavy atom. The van der Waals surface area contributed by atoms with Crippen molar-refractivity contribution in [3.05, 3.63) is 60.3 Å². The Morgan fingerprint density at radius 2 is 2.22 bits per heavy atom. The number of hydrogen-bond acceptors (Lipinski definition) is 6. The summed E-state index contributed by atoms with van der Waals surface area (Å²) < 4.78 is 7.44. The molecular formula is C16H16N6O. The molecule has 1 aliphatic heterocycles. The molecule has 0 aromatic carbocycles. The van der Waals surface area contributed by atoms with Crippen molar-refractivity contribution >= 4 is 17.2 Å². The van der Waals surface area contributed by atoms with Crippen LogP contribution in [-0.2, 0) is 6.54 Å². The van der Waals surface area contributed by atoms with E-state index in [9.17, 15) is 0 Å². The average Bonchev–Trinajstić information content (AvgIpc) is 3.21. The van der Waals surface area contributed by atoms with Crippen LogP contribution in [0.5, 0.6) is 0 Å². The lowest BCUT2D eigenvalue weighted by atomic mass is 10.2. The highest BCUT2D eigenvalue weighted by molar-refractivity contribution is 5.90. The van der Waals surface area contributed by atoms with E-state index in [1.165, 1.54) is 6.26 Å². The maximum absolute atomic E-state index is 6.01. The molecule has 0 atom stereocenters. The van der Waals surface area contributed by atoms with Crippen molar-refractivity contribution in [2.45, 2.75) is 13.5 Å². The summed E-state index contributed by atoms with van der Waals surface area (Å²) in [5.41, 5.74) is 9.67. The monoisotopic (exact) mass is 308 g/mol. The molecule has 0 spiro atoms. The highest BCUT2D eigenvalue weighted by Gasteiger charge is 2.22. The Morgan fingerprint density at radius 3 is 3.04 bits per heavy atom. The number of pyridine rings is 1. The number of fused-ring (bicyclic) bond motifs is 1. The molecule has 0 saturated heterocycles. The van der Waals surface area contributed by atoms with E-state index in [1.54, 1.807) is 6.20 Å². The Labute approximate surface area is 132 Å². The molecule has 3 aromatic heterocycles. The van der Waals surface area contributed by atoms with Gasteiger partial charge in [-0.1, -0.05) is 6.07 Å². The molecule has 0 amide bonds. The summed E-state index contributed by atoms with van der Waals surface area (Å²) in [7, 11) is 0. The van der Waals surface area contributed by atoms with E-state index in [0.29, 0.717) is 30.5 Å². The van der Waals surface area contributed by atoms with Crippen LogP contribution in [0.3, 0.4) is 0 Å². The van der Waals surface area contributed by atoms with E-state index in [2.05, 4.69) is 24.3 Å². The molecule has 0 radical (unpaired) electrons. The number of aromatic nitrogens is 3. The molecule has 2 N–H and O–H groups in total. The normalized spacial score (nSPS) is 15.3. The van der Waals surface area contributed by atoms with Crippen LogP contribution in [-0.4, -0.2) is 31.6 Å². The van der Waals surface area contributed by atoms with Crippen molar-refractivity contribution in [2.24, 2.45) is 10.7 Å². The van der Waals surface area contributed by atoms with E-state index in [1.807, 2.05) is 37.5 Å². The van der Waals surface area contributed by atoms with Gasteiger partial charge >= 0.3 is 0 Å². The van der Waals surface area contributed by atoms with E-state index in [0.717, 1.165) is 17.0 Å². The fourth-order valence-corrected chi connectivity index (χ4v) is 2.74. The fourth-order valence-electron chi connectivity index (χ4n) is 2.74. The first kappa shape index (κ1) is 13.6. The highest BCUT2D eigenvalue weighted by atomic mass is 16.3. The van der Waals surface area contributed by atoms with Crippen LogP contribution >= 0.6 is 0 Å². The molecule has 0 saturated carbocycles. The highest BCUT2D eigenvalue weighted by Crippen LogP contribution is 2.26. The summed E-state index contributed by atoms with van der Waals surface area (Å²) in [6.07, 6.45) is 7.03. The number of amidine groups is 1. The predicted octanol–water partition coefficient (Wildman–Crippen LogP) is 1.88. The molecule has 23 heavy (non-hydrogen) atoms. The molecule has 3 aromatic rings. The van der Waals surface area contributed by atoms with E-state index < -0.39 is 0 Å². The van der Waals surface area contributed by atoms with E-state index in [-0.39, 0.29) is 0 Å². The first-order valence-corrected chi connectivity index (χ1v) is 7.32. The first-order chi connectivity index (χ1) is 11.2. The largest absolute Gasteiger partial charge is 0.443 e. The zero-order chi connectivity index (χ0) is 15.8. The average molecular weight is 308 g/mol. The van der Waals surface area contributed by atoms with Crippen LogP contribution in [0.1, 0.15) is 18.5 Å². The fraction of sp³-hybridized carbons (Fsp3) is 0.188. The molecule has 4 rings (SSSR count). The molecule has 7 nitrogen and oxygen atoms in total. The van der Waals surface area contributed by atoms with Gasteiger partial charge in [0, 0.05) is 11.9 Å². The predicted molar refractivity (Wildman–Crippen MR) is 86.3 cm³/mol. The maximum atomic E-state index is 6.01. The van der Waals surface area contributed by atoms with Crippen molar-refractivity contribution in [2.75, 3.05) is 6.54 Å². The number of nitrogens with zero attached hydrogens (tertiary/aromatic N) is 5. The van der Waals surface area contributed by atoms with Gasteiger partial charge in [-0.05, 0) is 19.1 Å². The lowest BCUT2D eigenvalue weighted by Gasteiger charge is -2.29. The van der Waals surface area contributed by atoms with Gasteiger partial charge in [0.1, 0.15) is 23.4 Å². The van der Waals surface area contributed by atoms with E-state index in [4.69, 9.17) is 10.2 Å². The maximum Gasteiger partial charge on any atom is 0.246 e. The molecule has 1 aliphatic rings. The minimum Gasteiger partial charge on any atom is -0.443 e. The smallest absolute Gasteiger partial charge is 0.246 e. The number of allylic oxidation sites excluding steroid dienone is 1. The van der Waals surface area contributed by atoms with Crippen molar-refractivity contribution < 1.29 is 4.42 Å². The van der Waals surface area contributed by atoms with Crippen LogP contribution in [0.25, 0.3) is 11.3 Å². The topological polar surface area (TPSA) is 84.9 Å². The van der Waals surface area contributed by atoms with Crippen molar-refractivity contribution in [3.63, 3.8) is 0 Å². The minimum absolute atomic E-state index is 0.480. The zero-order valence-corrected chi connectivity index (χ0v) is 12.7. The lowest BCUT2D eigenvalue weighted by Crippen LogP contribution is -2.36. The molecule has 0 unspecified atom stereocenters. The molecule has 0 aliphatic carbocycles. The van der Waals surface area contributed by atoms with Gasteiger partial charge in [-0.2, -0.15) is 0 Å². The minimum atomic E-state index is 0.480. The van der Waals surface area contributed by atoms with Crippen LogP contribution in [0.4, 0.5) is 0 Å². The number of rotatable bonds is 3. The number of nitrogens with two attached hydrogens (primary N) is 1. The second-order valence-electron chi connectivity index (χ2n) is 5.41. The third-order valence-corrected chi connectivity index (χ3v) is 3.91. The SMILES string of the molecule is CC1=C(c2ncco2)N=C(N)CN1Cc1cnc2ccccn12. The second-order valence-corrected chi connectivity index (χ2v) is 5.41. The van der Waals surface area contributed by atoms with Crippen LogP contribution < -0.4 is 5.73 Å². The third kappa shape index (κ3) is 2.36. The molecule has 0 bridgehead atoms. The summed E-state index contributed by atoms with van der Waals surface area (Å²) in [6.45, 7) is 3.24. The number of imidazole rings is 1. The summed E-state index contributed by atoms with van der Waals surface area (Å²) in [5, 5.41) is 0. The summed E-state index contributed by atoms with van der Waals surface area (Å²) in [4.78, 5) is 15.2. The number of hydrogen-bond donors (Lipinski definition) is 1. The Kier molecular flexibility index (Phi) is 3.11. The van der Waals surface area contributed by atoms with Gasteiger partial charge < -0.3 is 19.5 Å². The van der Waals surface area contributed by atoms with Gasteiger partial charge in [-0.3, -0.25) is 0 Å². The molecular weight excluding hydrogens is 292 g/mol. The number of oxazole rings is 1. The Bertz CT molecular complexity index is 906. The standard InChI is InChI=1S/C16H16N6O/c1-11-15(16-18-5-7-23-16)20-13(17)10-21(11)9-12-8-19-14-4-2-3-6-22(12)14/h2-8H,9-10H2,1H3,(H2,17,20). The third-order valence-electron chi connectivity index (χ3n) is 3.91. The van der Waals surface area contributed by atoms with Crippen LogP contribution in [0.15, 0.2) is 58.2 Å². The first-order valence-electron chi connectivity index (χ1n) is 7.32. The van der Waals surface area contributed by atoms with Crippen LogP contribution in [0, 0.1) is 0 Å². The quantitative estimate of drug-likeness (QED) is 0.798. The number of aliphatic imine (C=N–C) groups is 1.